The first-order chi connectivity index (χ1) is 12.5. The molecule has 2 aromatic rings. The van der Waals surface area contributed by atoms with Gasteiger partial charge in [0, 0.05) is 12.1 Å². The Balaban J connectivity index is 1.66. The summed E-state index contributed by atoms with van der Waals surface area (Å²) >= 11 is 6.45. The molecule has 0 spiro atoms. The van der Waals surface area contributed by atoms with Gasteiger partial charge in [-0.15, -0.1) is 0 Å². The lowest BCUT2D eigenvalue weighted by Crippen LogP contribution is -2.32. The Morgan fingerprint density at radius 1 is 1.19 bits per heavy atom. The average Bonchev–Trinajstić information content (AvgIpc) is 2.90. The first kappa shape index (κ1) is 18.1. The van der Waals surface area contributed by atoms with Crippen LogP contribution in [0.1, 0.15) is 5.56 Å². The van der Waals surface area contributed by atoms with Crippen LogP contribution >= 0.6 is 24.0 Å². The SMILES string of the molecule is O=C1/C(=C/c2cccc([N+](=O)[O-])c2)SC(=S)N1CCOc1ccccc1. The number of thioether (sulfide) groups is 1. The van der Waals surface area contributed by atoms with Crippen LogP contribution in [0.2, 0.25) is 0 Å². The van der Waals surface area contributed by atoms with Crippen molar-refractivity contribution in [1.29, 1.82) is 0 Å². The lowest BCUT2D eigenvalue weighted by Gasteiger charge is -2.14. The lowest BCUT2D eigenvalue weighted by molar-refractivity contribution is -0.384. The Kier molecular flexibility index (Phi) is 5.65. The summed E-state index contributed by atoms with van der Waals surface area (Å²) < 4.78 is 6.05. The van der Waals surface area contributed by atoms with Crippen molar-refractivity contribution in [2.24, 2.45) is 0 Å². The second kappa shape index (κ2) is 8.11. The largest absolute Gasteiger partial charge is 0.492 e. The third-order valence-electron chi connectivity index (χ3n) is 3.58. The number of thiocarbonyl (C=S) groups is 1. The van der Waals surface area contributed by atoms with Gasteiger partial charge in [0.25, 0.3) is 11.6 Å². The van der Waals surface area contributed by atoms with Gasteiger partial charge in [0.2, 0.25) is 0 Å². The fourth-order valence-electron chi connectivity index (χ4n) is 2.34. The van der Waals surface area contributed by atoms with Gasteiger partial charge in [-0.3, -0.25) is 19.8 Å². The van der Waals surface area contributed by atoms with Gasteiger partial charge in [-0.2, -0.15) is 0 Å². The minimum Gasteiger partial charge on any atom is -0.492 e. The molecule has 6 nitrogen and oxygen atoms in total. The Morgan fingerprint density at radius 3 is 2.69 bits per heavy atom. The number of hydrogen-bond acceptors (Lipinski definition) is 6. The number of hydrogen-bond donors (Lipinski definition) is 0. The highest BCUT2D eigenvalue weighted by Gasteiger charge is 2.31. The normalized spacial score (nSPS) is 15.5. The van der Waals surface area contributed by atoms with E-state index in [-0.39, 0.29) is 11.6 Å². The number of carbonyl (C=O) groups is 1. The molecular weight excluding hydrogens is 372 g/mol. The summed E-state index contributed by atoms with van der Waals surface area (Å²) in [6.07, 6.45) is 1.62. The van der Waals surface area contributed by atoms with E-state index >= 15 is 0 Å². The Labute approximate surface area is 159 Å². The number of non-ortho nitro benzene ring substituents is 1. The molecule has 0 aliphatic carbocycles. The van der Waals surface area contributed by atoms with E-state index in [2.05, 4.69) is 0 Å². The van der Waals surface area contributed by atoms with E-state index in [9.17, 15) is 14.9 Å². The molecule has 1 aliphatic rings. The molecule has 0 unspecified atom stereocenters. The molecule has 2 aromatic carbocycles. The van der Waals surface area contributed by atoms with Crippen LogP contribution in [-0.4, -0.2) is 33.2 Å². The summed E-state index contributed by atoms with van der Waals surface area (Å²) in [5, 5.41) is 10.9. The summed E-state index contributed by atoms with van der Waals surface area (Å²) in [5.74, 6) is 0.508. The highest BCUT2D eigenvalue weighted by atomic mass is 32.2. The molecule has 1 heterocycles. The molecule has 1 saturated heterocycles. The Bertz CT molecular complexity index is 884. The van der Waals surface area contributed by atoms with Gasteiger partial charge in [-0.25, -0.2) is 0 Å². The van der Waals surface area contributed by atoms with Crippen molar-refractivity contribution in [3.63, 3.8) is 0 Å². The van der Waals surface area contributed by atoms with E-state index in [0.29, 0.717) is 27.9 Å². The van der Waals surface area contributed by atoms with Gasteiger partial charge in [-0.05, 0) is 23.8 Å². The Morgan fingerprint density at radius 2 is 1.96 bits per heavy atom. The van der Waals surface area contributed by atoms with E-state index < -0.39 is 4.92 Å². The molecule has 26 heavy (non-hydrogen) atoms. The quantitative estimate of drug-likeness (QED) is 0.325. The van der Waals surface area contributed by atoms with Crippen LogP contribution < -0.4 is 4.74 Å². The molecule has 1 aliphatic heterocycles. The summed E-state index contributed by atoms with van der Waals surface area (Å²) in [5.41, 5.74) is 0.561. The van der Waals surface area contributed by atoms with Gasteiger partial charge in [-0.1, -0.05) is 54.3 Å². The minimum absolute atomic E-state index is 0.0227. The van der Waals surface area contributed by atoms with E-state index in [1.807, 2.05) is 30.3 Å². The first-order valence-electron chi connectivity index (χ1n) is 7.72. The molecule has 1 amide bonds. The number of benzene rings is 2. The monoisotopic (exact) mass is 386 g/mol. The number of amides is 1. The molecule has 1 fully saturated rings. The van der Waals surface area contributed by atoms with Crippen LogP contribution in [0.4, 0.5) is 5.69 Å². The molecule has 8 heteroatoms. The molecule has 3 rings (SSSR count). The molecule has 0 atom stereocenters. The van der Waals surface area contributed by atoms with E-state index in [1.54, 1.807) is 18.2 Å². The molecular formula is C18H14N2O4S2. The van der Waals surface area contributed by atoms with Crippen LogP contribution in [0.15, 0.2) is 59.5 Å². The average molecular weight is 386 g/mol. The molecule has 0 radical (unpaired) electrons. The van der Waals surface area contributed by atoms with Crippen molar-refractivity contribution < 1.29 is 14.5 Å². The van der Waals surface area contributed by atoms with Crippen molar-refractivity contribution in [2.75, 3.05) is 13.2 Å². The smallest absolute Gasteiger partial charge is 0.270 e. The number of ether oxygens (including phenoxy) is 1. The fourth-order valence-corrected chi connectivity index (χ4v) is 3.65. The zero-order chi connectivity index (χ0) is 18.5. The van der Waals surface area contributed by atoms with Crippen molar-refractivity contribution >= 4 is 46.0 Å². The number of nitrogens with zero attached hydrogens (tertiary/aromatic N) is 2. The second-order valence-electron chi connectivity index (χ2n) is 5.35. The number of nitro benzene ring substituents is 1. The predicted molar refractivity (Wildman–Crippen MR) is 105 cm³/mol. The van der Waals surface area contributed by atoms with Gasteiger partial charge < -0.3 is 4.74 Å². The zero-order valence-corrected chi connectivity index (χ0v) is 15.2. The summed E-state index contributed by atoms with van der Waals surface area (Å²) in [6, 6.07) is 15.4. The van der Waals surface area contributed by atoms with Crippen LogP contribution in [0.5, 0.6) is 5.75 Å². The molecule has 0 bridgehead atoms. The van der Waals surface area contributed by atoms with Crippen LogP contribution in [0.3, 0.4) is 0 Å². The minimum atomic E-state index is -0.469. The van der Waals surface area contributed by atoms with Crippen molar-refractivity contribution in [3.8, 4) is 5.75 Å². The van der Waals surface area contributed by atoms with Crippen molar-refractivity contribution in [1.82, 2.24) is 4.90 Å². The van der Waals surface area contributed by atoms with E-state index in [1.165, 1.54) is 28.8 Å². The maximum atomic E-state index is 12.5. The lowest BCUT2D eigenvalue weighted by atomic mass is 10.2. The summed E-state index contributed by atoms with van der Waals surface area (Å²) in [4.78, 5) is 24.9. The highest BCUT2D eigenvalue weighted by molar-refractivity contribution is 8.26. The fraction of sp³-hybridized carbons (Fsp3) is 0.111. The number of carbonyl (C=O) groups excluding carboxylic acids is 1. The van der Waals surface area contributed by atoms with Gasteiger partial charge >= 0.3 is 0 Å². The predicted octanol–water partition coefficient (Wildman–Crippen LogP) is 3.88. The standard InChI is InChI=1S/C18H14N2O4S2/c21-17-16(12-13-5-4-6-14(11-13)20(22)23)26-18(25)19(17)9-10-24-15-7-2-1-3-8-15/h1-8,11-12H,9-10H2/b16-12-. The molecule has 0 saturated carbocycles. The molecule has 0 aromatic heterocycles. The van der Waals surface area contributed by atoms with Crippen molar-refractivity contribution in [3.05, 3.63) is 75.2 Å². The van der Waals surface area contributed by atoms with Gasteiger partial charge in [0.15, 0.2) is 0 Å². The zero-order valence-electron chi connectivity index (χ0n) is 13.5. The number of para-hydroxylation sites is 1. The van der Waals surface area contributed by atoms with Crippen LogP contribution in [0, 0.1) is 10.1 Å². The number of nitro groups is 1. The summed E-state index contributed by atoms with van der Waals surface area (Å²) in [6.45, 7) is 0.659. The third kappa shape index (κ3) is 4.27. The number of rotatable bonds is 6. The highest BCUT2D eigenvalue weighted by Crippen LogP contribution is 2.32. The summed E-state index contributed by atoms with van der Waals surface area (Å²) in [7, 11) is 0. The second-order valence-corrected chi connectivity index (χ2v) is 7.02. The topological polar surface area (TPSA) is 72.7 Å². The van der Waals surface area contributed by atoms with E-state index in [4.69, 9.17) is 17.0 Å². The van der Waals surface area contributed by atoms with Crippen molar-refractivity contribution in [2.45, 2.75) is 0 Å². The van der Waals surface area contributed by atoms with Gasteiger partial charge in [0.1, 0.15) is 16.7 Å². The third-order valence-corrected chi connectivity index (χ3v) is 4.96. The first-order valence-corrected chi connectivity index (χ1v) is 8.95. The van der Waals surface area contributed by atoms with Gasteiger partial charge in [0.05, 0.1) is 16.4 Å². The molecule has 132 valence electrons. The van der Waals surface area contributed by atoms with Crippen LogP contribution in [-0.2, 0) is 4.79 Å². The maximum absolute atomic E-state index is 12.5. The Hall–Kier alpha value is -2.71. The maximum Gasteiger partial charge on any atom is 0.270 e. The molecule has 0 N–H and O–H groups in total. The van der Waals surface area contributed by atoms with Crippen LogP contribution in [0.25, 0.3) is 6.08 Å². The van der Waals surface area contributed by atoms with E-state index in [0.717, 1.165) is 5.75 Å².